The van der Waals surface area contributed by atoms with E-state index in [1.54, 1.807) is 6.26 Å². The van der Waals surface area contributed by atoms with Crippen molar-refractivity contribution in [2.45, 2.75) is 57.7 Å². The van der Waals surface area contributed by atoms with Crippen molar-refractivity contribution in [3.63, 3.8) is 0 Å². The van der Waals surface area contributed by atoms with Crippen molar-refractivity contribution in [1.82, 2.24) is 4.90 Å². The van der Waals surface area contributed by atoms with Crippen LogP contribution in [0.5, 0.6) is 11.5 Å². The fraction of sp³-hybridized carbons (Fsp3) is 0.476. The average Bonchev–Trinajstić information content (AvgIpc) is 3.15. The molecule has 0 saturated heterocycles. The van der Waals surface area contributed by atoms with Crippen LogP contribution >= 0.6 is 0 Å². The van der Waals surface area contributed by atoms with Gasteiger partial charge in [-0.3, -0.25) is 4.79 Å². The Morgan fingerprint density at radius 1 is 1.31 bits per heavy atom. The number of carbonyl (C=O) groups excluding carboxylic acids is 1. The van der Waals surface area contributed by atoms with Gasteiger partial charge in [0.05, 0.1) is 12.3 Å². The van der Waals surface area contributed by atoms with Crippen LogP contribution in [0, 0.1) is 0 Å². The first-order chi connectivity index (χ1) is 12.4. The molecule has 1 fully saturated rings. The van der Waals surface area contributed by atoms with Crippen molar-refractivity contribution in [2.75, 3.05) is 6.61 Å². The molecule has 1 unspecified atom stereocenters. The highest BCUT2D eigenvalue weighted by atomic mass is 16.5. The van der Waals surface area contributed by atoms with Gasteiger partial charge < -0.3 is 18.8 Å². The largest absolute Gasteiger partial charge is 0.483 e. The SMILES string of the molecule is CC(c1ccco1)N(C(=O)COc1cccc2c1OC(C)(C)C2)C1CC1. The molecular weight excluding hydrogens is 330 g/mol. The lowest BCUT2D eigenvalue weighted by atomic mass is 10.0. The first-order valence-corrected chi connectivity index (χ1v) is 9.23. The lowest BCUT2D eigenvalue weighted by Crippen LogP contribution is -2.38. The molecule has 138 valence electrons. The van der Waals surface area contributed by atoms with Crippen LogP contribution in [0.15, 0.2) is 41.0 Å². The van der Waals surface area contributed by atoms with Crippen LogP contribution in [0.25, 0.3) is 0 Å². The number of nitrogens with zero attached hydrogens (tertiary/aromatic N) is 1. The summed E-state index contributed by atoms with van der Waals surface area (Å²) in [6.45, 7) is 6.12. The third-order valence-corrected chi connectivity index (χ3v) is 5.01. The van der Waals surface area contributed by atoms with Crippen molar-refractivity contribution in [2.24, 2.45) is 0 Å². The molecule has 1 saturated carbocycles. The summed E-state index contributed by atoms with van der Waals surface area (Å²) in [5.74, 6) is 2.19. The number of benzene rings is 1. The summed E-state index contributed by atoms with van der Waals surface area (Å²) < 4.78 is 17.4. The van der Waals surface area contributed by atoms with Crippen LogP contribution in [-0.4, -0.2) is 29.1 Å². The van der Waals surface area contributed by atoms with Crippen molar-refractivity contribution < 1.29 is 18.7 Å². The van der Waals surface area contributed by atoms with Crippen LogP contribution in [0.3, 0.4) is 0 Å². The third kappa shape index (κ3) is 3.30. The Labute approximate surface area is 153 Å². The number of furan rings is 1. The highest BCUT2D eigenvalue weighted by molar-refractivity contribution is 5.79. The predicted molar refractivity (Wildman–Crippen MR) is 97.3 cm³/mol. The van der Waals surface area contributed by atoms with E-state index in [0.717, 1.165) is 36.3 Å². The van der Waals surface area contributed by atoms with E-state index in [1.807, 2.05) is 42.2 Å². The van der Waals surface area contributed by atoms with Crippen molar-refractivity contribution in [1.29, 1.82) is 0 Å². The van der Waals surface area contributed by atoms with Gasteiger partial charge in [0.15, 0.2) is 18.1 Å². The summed E-state index contributed by atoms with van der Waals surface area (Å²) in [5.41, 5.74) is 0.891. The van der Waals surface area contributed by atoms with E-state index >= 15 is 0 Å². The van der Waals surface area contributed by atoms with Gasteiger partial charge in [0, 0.05) is 18.0 Å². The summed E-state index contributed by atoms with van der Waals surface area (Å²) in [6, 6.07) is 9.82. The van der Waals surface area contributed by atoms with Crippen LogP contribution in [0.1, 0.15) is 51.0 Å². The van der Waals surface area contributed by atoms with Crippen LogP contribution in [0.2, 0.25) is 0 Å². The Hall–Kier alpha value is -2.43. The molecule has 1 amide bonds. The van der Waals surface area contributed by atoms with Crippen molar-refractivity contribution in [3.05, 3.63) is 47.9 Å². The molecule has 0 bridgehead atoms. The molecule has 1 aliphatic heterocycles. The maximum atomic E-state index is 12.9. The van der Waals surface area contributed by atoms with E-state index in [-0.39, 0.29) is 30.2 Å². The number of carbonyl (C=O) groups is 1. The molecule has 2 aromatic rings. The van der Waals surface area contributed by atoms with E-state index in [1.165, 1.54) is 0 Å². The van der Waals surface area contributed by atoms with E-state index in [9.17, 15) is 4.79 Å². The minimum absolute atomic E-state index is 0.00178. The minimum Gasteiger partial charge on any atom is -0.483 e. The van der Waals surface area contributed by atoms with E-state index in [4.69, 9.17) is 13.9 Å². The number of para-hydroxylation sites is 1. The zero-order valence-electron chi connectivity index (χ0n) is 15.5. The summed E-state index contributed by atoms with van der Waals surface area (Å²) >= 11 is 0. The first kappa shape index (κ1) is 17.0. The van der Waals surface area contributed by atoms with Crippen LogP contribution in [-0.2, 0) is 11.2 Å². The molecule has 5 nitrogen and oxygen atoms in total. The highest BCUT2D eigenvalue weighted by Crippen LogP contribution is 2.42. The van der Waals surface area contributed by atoms with Gasteiger partial charge in [-0.2, -0.15) is 0 Å². The number of amides is 1. The van der Waals surface area contributed by atoms with Gasteiger partial charge in [0.2, 0.25) is 0 Å². The van der Waals surface area contributed by atoms with Gasteiger partial charge in [0.25, 0.3) is 5.91 Å². The summed E-state index contributed by atoms with van der Waals surface area (Å²) in [5, 5.41) is 0. The molecule has 4 rings (SSSR count). The molecule has 1 aromatic carbocycles. The second-order valence-corrected chi connectivity index (χ2v) is 7.80. The minimum atomic E-state index is -0.236. The molecule has 0 radical (unpaired) electrons. The summed E-state index contributed by atoms with van der Waals surface area (Å²) in [6.07, 6.45) is 4.56. The molecule has 2 aliphatic rings. The molecule has 1 aromatic heterocycles. The molecule has 0 N–H and O–H groups in total. The molecule has 2 heterocycles. The summed E-state index contributed by atoms with van der Waals surface area (Å²) in [7, 11) is 0. The number of rotatable bonds is 6. The normalized spacial score (nSPS) is 18.7. The number of hydrogen-bond donors (Lipinski definition) is 0. The standard InChI is InChI=1S/C21H25NO4/c1-14(17-8-5-11-24-17)22(16-9-10-16)19(23)13-25-18-7-4-6-15-12-21(2,3)26-20(15)18/h4-8,11,14,16H,9-10,12-13H2,1-3H3. The Bertz CT molecular complexity index is 792. The lowest BCUT2D eigenvalue weighted by Gasteiger charge is -2.28. The molecule has 26 heavy (non-hydrogen) atoms. The highest BCUT2D eigenvalue weighted by Gasteiger charge is 2.38. The van der Waals surface area contributed by atoms with Gasteiger partial charge in [-0.25, -0.2) is 0 Å². The zero-order valence-corrected chi connectivity index (χ0v) is 15.5. The first-order valence-electron chi connectivity index (χ1n) is 9.23. The molecule has 1 aliphatic carbocycles. The lowest BCUT2D eigenvalue weighted by molar-refractivity contribution is -0.136. The molecule has 0 spiro atoms. The smallest absolute Gasteiger partial charge is 0.261 e. The Morgan fingerprint density at radius 2 is 2.12 bits per heavy atom. The monoisotopic (exact) mass is 355 g/mol. The maximum Gasteiger partial charge on any atom is 0.261 e. The van der Waals surface area contributed by atoms with Crippen molar-refractivity contribution >= 4 is 5.91 Å². The van der Waals surface area contributed by atoms with Crippen LogP contribution in [0.4, 0.5) is 0 Å². The average molecular weight is 355 g/mol. The summed E-state index contributed by atoms with van der Waals surface area (Å²) in [4.78, 5) is 14.8. The number of fused-ring (bicyclic) bond motifs is 1. The second-order valence-electron chi connectivity index (χ2n) is 7.80. The zero-order chi connectivity index (χ0) is 18.3. The third-order valence-electron chi connectivity index (χ3n) is 5.01. The van der Waals surface area contributed by atoms with Gasteiger partial charge in [-0.15, -0.1) is 0 Å². The van der Waals surface area contributed by atoms with Crippen LogP contribution < -0.4 is 9.47 Å². The van der Waals surface area contributed by atoms with E-state index in [0.29, 0.717) is 5.75 Å². The van der Waals surface area contributed by atoms with Gasteiger partial charge in [-0.05, 0) is 51.8 Å². The van der Waals surface area contributed by atoms with Gasteiger partial charge >= 0.3 is 0 Å². The van der Waals surface area contributed by atoms with E-state index < -0.39 is 0 Å². The molecule has 1 atom stereocenters. The number of hydrogen-bond acceptors (Lipinski definition) is 4. The quantitative estimate of drug-likeness (QED) is 0.782. The Morgan fingerprint density at radius 3 is 2.81 bits per heavy atom. The fourth-order valence-corrected chi connectivity index (χ4v) is 3.67. The second kappa shape index (κ2) is 6.38. The molecular formula is C21H25NO4. The topological polar surface area (TPSA) is 51.9 Å². The molecule has 5 heteroatoms. The predicted octanol–water partition coefficient (Wildman–Crippen LogP) is 4.12. The Balaban J connectivity index is 1.46. The Kier molecular flexibility index (Phi) is 4.17. The van der Waals surface area contributed by atoms with Gasteiger partial charge in [0.1, 0.15) is 11.4 Å². The van der Waals surface area contributed by atoms with E-state index in [2.05, 4.69) is 13.8 Å². The van der Waals surface area contributed by atoms with Crippen molar-refractivity contribution in [3.8, 4) is 11.5 Å². The van der Waals surface area contributed by atoms with Gasteiger partial charge in [-0.1, -0.05) is 12.1 Å². The maximum absolute atomic E-state index is 12.9. The fourth-order valence-electron chi connectivity index (χ4n) is 3.67. The number of ether oxygens (including phenoxy) is 2.